The van der Waals surface area contributed by atoms with Gasteiger partial charge < -0.3 is 10.2 Å². The lowest BCUT2D eigenvalue weighted by molar-refractivity contribution is 0.102. The summed E-state index contributed by atoms with van der Waals surface area (Å²) >= 11 is 3.38. The highest BCUT2D eigenvalue weighted by molar-refractivity contribution is 9.10. The van der Waals surface area contributed by atoms with E-state index in [9.17, 15) is 4.79 Å². The van der Waals surface area contributed by atoms with Crippen molar-refractivity contribution in [2.75, 3.05) is 23.3 Å². The summed E-state index contributed by atoms with van der Waals surface area (Å²) in [7, 11) is 0. The van der Waals surface area contributed by atoms with Crippen LogP contribution in [-0.4, -0.2) is 19.0 Å². The van der Waals surface area contributed by atoms with Gasteiger partial charge in [-0.3, -0.25) is 4.79 Å². The molecule has 0 aromatic heterocycles. The number of anilines is 2. The monoisotopic (exact) mass is 344 g/mol. The fourth-order valence-corrected chi connectivity index (χ4v) is 2.96. The molecule has 2 aromatic rings. The molecule has 4 heteroatoms. The molecule has 1 fully saturated rings. The second-order valence-electron chi connectivity index (χ2n) is 5.21. The van der Waals surface area contributed by atoms with Crippen LogP contribution in [0.1, 0.15) is 23.2 Å². The predicted octanol–water partition coefficient (Wildman–Crippen LogP) is 4.30. The Morgan fingerprint density at radius 1 is 1.05 bits per heavy atom. The van der Waals surface area contributed by atoms with Crippen LogP contribution in [-0.2, 0) is 0 Å². The molecule has 1 amide bonds. The van der Waals surface area contributed by atoms with Crippen molar-refractivity contribution in [3.63, 3.8) is 0 Å². The van der Waals surface area contributed by atoms with Crippen LogP contribution in [0.2, 0.25) is 0 Å². The summed E-state index contributed by atoms with van der Waals surface area (Å²) in [6.45, 7) is 2.26. The average molecular weight is 345 g/mol. The molecular formula is C17H17BrN2O. The van der Waals surface area contributed by atoms with E-state index in [2.05, 4.69) is 38.3 Å². The zero-order chi connectivity index (χ0) is 14.7. The molecule has 0 radical (unpaired) electrons. The number of nitrogens with zero attached hydrogens (tertiary/aromatic N) is 1. The van der Waals surface area contributed by atoms with Gasteiger partial charge in [0.1, 0.15) is 0 Å². The Balaban J connectivity index is 1.68. The van der Waals surface area contributed by atoms with Crippen LogP contribution in [0.25, 0.3) is 0 Å². The van der Waals surface area contributed by atoms with Gasteiger partial charge in [0.25, 0.3) is 5.91 Å². The van der Waals surface area contributed by atoms with Crippen LogP contribution in [0.15, 0.2) is 53.0 Å². The molecule has 1 saturated heterocycles. The Morgan fingerprint density at radius 2 is 1.76 bits per heavy atom. The normalized spacial score (nSPS) is 14.2. The van der Waals surface area contributed by atoms with Crippen LogP contribution < -0.4 is 10.2 Å². The summed E-state index contributed by atoms with van der Waals surface area (Å²) in [5.74, 6) is -0.0924. The fraction of sp³-hybridized carbons (Fsp3) is 0.235. The van der Waals surface area contributed by atoms with Crippen molar-refractivity contribution in [1.82, 2.24) is 0 Å². The van der Waals surface area contributed by atoms with Gasteiger partial charge in [0.15, 0.2) is 0 Å². The SMILES string of the molecule is O=C(Nc1ccc(N2CCCC2)cc1)c1cccc(Br)c1. The van der Waals surface area contributed by atoms with Crippen molar-refractivity contribution < 1.29 is 4.79 Å². The number of hydrogen-bond donors (Lipinski definition) is 1. The molecule has 0 atom stereocenters. The van der Waals surface area contributed by atoms with E-state index in [1.807, 2.05) is 30.3 Å². The molecule has 3 rings (SSSR count). The molecule has 0 aliphatic carbocycles. The Bertz CT molecular complexity index is 633. The largest absolute Gasteiger partial charge is 0.372 e. The summed E-state index contributed by atoms with van der Waals surface area (Å²) in [5, 5.41) is 2.92. The molecule has 1 heterocycles. The molecule has 1 N–H and O–H groups in total. The van der Waals surface area contributed by atoms with Crippen LogP contribution in [0, 0.1) is 0 Å². The van der Waals surface area contributed by atoms with Gasteiger partial charge in [0.2, 0.25) is 0 Å². The lowest BCUT2D eigenvalue weighted by Gasteiger charge is -2.17. The van der Waals surface area contributed by atoms with Crippen molar-refractivity contribution in [2.45, 2.75) is 12.8 Å². The number of benzene rings is 2. The van der Waals surface area contributed by atoms with Crippen LogP contribution in [0.5, 0.6) is 0 Å². The van der Waals surface area contributed by atoms with Crippen LogP contribution >= 0.6 is 15.9 Å². The maximum atomic E-state index is 12.2. The van der Waals surface area contributed by atoms with Crippen molar-refractivity contribution in [3.8, 4) is 0 Å². The van der Waals surface area contributed by atoms with Gasteiger partial charge in [-0.05, 0) is 55.3 Å². The molecule has 3 nitrogen and oxygen atoms in total. The van der Waals surface area contributed by atoms with E-state index >= 15 is 0 Å². The number of halogens is 1. The minimum atomic E-state index is -0.0924. The summed E-state index contributed by atoms with van der Waals surface area (Å²) in [6.07, 6.45) is 2.53. The Hall–Kier alpha value is -1.81. The van der Waals surface area contributed by atoms with Gasteiger partial charge in [-0.1, -0.05) is 22.0 Å². The Labute approximate surface area is 133 Å². The number of carbonyl (C=O) groups excluding carboxylic acids is 1. The molecular weight excluding hydrogens is 328 g/mol. The standard InChI is InChI=1S/C17H17BrN2O/c18-14-5-3-4-13(12-14)17(21)19-15-6-8-16(9-7-15)20-10-1-2-11-20/h3-9,12H,1-2,10-11H2,(H,19,21). The van der Waals surface area contributed by atoms with Gasteiger partial charge in [-0.15, -0.1) is 0 Å². The van der Waals surface area contributed by atoms with E-state index in [1.54, 1.807) is 6.07 Å². The molecule has 0 saturated carbocycles. The lowest BCUT2D eigenvalue weighted by atomic mass is 10.2. The maximum Gasteiger partial charge on any atom is 0.255 e. The minimum absolute atomic E-state index is 0.0924. The average Bonchev–Trinajstić information content (AvgIpc) is 3.02. The second-order valence-corrected chi connectivity index (χ2v) is 6.12. The van der Waals surface area contributed by atoms with E-state index in [-0.39, 0.29) is 5.91 Å². The number of hydrogen-bond acceptors (Lipinski definition) is 2. The van der Waals surface area contributed by atoms with Crippen LogP contribution in [0.4, 0.5) is 11.4 Å². The second kappa shape index (κ2) is 6.31. The first-order valence-corrected chi connectivity index (χ1v) is 7.93. The number of rotatable bonds is 3. The summed E-state index contributed by atoms with van der Waals surface area (Å²) in [6, 6.07) is 15.4. The van der Waals surface area contributed by atoms with Gasteiger partial charge in [0, 0.05) is 34.5 Å². The summed E-state index contributed by atoms with van der Waals surface area (Å²) < 4.78 is 0.902. The zero-order valence-corrected chi connectivity index (χ0v) is 13.3. The zero-order valence-electron chi connectivity index (χ0n) is 11.7. The molecule has 21 heavy (non-hydrogen) atoms. The highest BCUT2D eigenvalue weighted by Gasteiger charge is 2.12. The first-order valence-electron chi connectivity index (χ1n) is 7.14. The van der Waals surface area contributed by atoms with Crippen molar-refractivity contribution in [3.05, 3.63) is 58.6 Å². The van der Waals surface area contributed by atoms with Gasteiger partial charge in [0.05, 0.1) is 0 Å². The lowest BCUT2D eigenvalue weighted by Crippen LogP contribution is -2.17. The molecule has 0 bridgehead atoms. The van der Waals surface area contributed by atoms with Crippen LogP contribution in [0.3, 0.4) is 0 Å². The third-order valence-corrected chi connectivity index (χ3v) is 4.18. The van der Waals surface area contributed by atoms with E-state index in [1.165, 1.54) is 18.5 Å². The van der Waals surface area contributed by atoms with E-state index in [4.69, 9.17) is 0 Å². The smallest absolute Gasteiger partial charge is 0.255 e. The molecule has 1 aliphatic heterocycles. The first-order chi connectivity index (χ1) is 10.2. The van der Waals surface area contributed by atoms with Crippen molar-refractivity contribution in [1.29, 1.82) is 0 Å². The van der Waals surface area contributed by atoms with Crippen molar-refractivity contribution in [2.24, 2.45) is 0 Å². The summed E-state index contributed by atoms with van der Waals surface area (Å²) in [5.41, 5.74) is 2.70. The Morgan fingerprint density at radius 3 is 2.43 bits per heavy atom. The Kier molecular flexibility index (Phi) is 4.25. The molecule has 0 unspecified atom stereocenters. The number of carbonyl (C=O) groups is 1. The third-order valence-electron chi connectivity index (χ3n) is 3.68. The van der Waals surface area contributed by atoms with Gasteiger partial charge in [-0.25, -0.2) is 0 Å². The van der Waals surface area contributed by atoms with E-state index in [0.29, 0.717) is 5.56 Å². The predicted molar refractivity (Wildman–Crippen MR) is 90.0 cm³/mol. The van der Waals surface area contributed by atoms with Gasteiger partial charge in [-0.2, -0.15) is 0 Å². The summed E-state index contributed by atoms with van der Waals surface area (Å²) in [4.78, 5) is 14.5. The van der Waals surface area contributed by atoms with E-state index < -0.39 is 0 Å². The molecule has 2 aromatic carbocycles. The topological polar surface area (TPSA) is 32.3 Å². The number of nitrogens with one attached hydrogen (secondary N) is 1. The van der Waals surface area contributed by atoms with Crippen molar-refractivity contribution >= 4 is 33.2 Å². The molecule has 1 aliphatic rings. The highest BCUT2D eigenvalue weighted by Crippen LogP contribution is 2.22. The highest BCUT2D eigenvalue weighted by atomic mass is 79.9. The fourth-order valence-electron chi connectivity index (χ4n) is 2.56. The minimum Gasteiger partial charge on any atom is -0.372 e. The third kappa shape index (κ3) is 3.45. The van der Waals surface area contributed by atoms with Gasteiger partial charge >= 0.3 is 0 Å². The maximum absolute atomic E-state index is 12.2. The van der Waals surface area contributed by atoms with E-state index in [0.717, 1.165) is 23.2 Å². The number of amides is 1. The first kappa shape index (κ1) is 14.1. The molecule has 0 spiro atoms. The molecule has 108 valence electrons. The quantitative estimate of drug-likeness (QED) is 0.900.